The second-order valence-corrected chi connectivity index (χ2v) is 8.81. The van der Waals surface area contributed by atoms with Crippen LogP contribution in [0.1, 0.15) is 66.6 Å². The third-order valence-electron chi connectivity index (χ3n) is 5.49. The second-order valence-electron chi connectivity index (χ2n) is 7.97. The number of carbonyl (C=O) groups is 2. The van der Waals surface area contributed by atoms with Crippen molar-refractivity contribution in [1.29, 1.82) is 0 Å². The lowest BCUT2D eigenvalue weighted by Crippen LogP contribution is -2.37. The number of benzene rings is 2. The molecule has 4 rings (SSSR count). The maximum Gasteiger partial charge on any atom is 0.416 e. The molecule has 1 heterocycles. The van der Waals surface area contributed by atoms with E-state index < -0.39 is 40.3 Å². The lowest BCUT2D eigenvalue weighted by Gasteiger charge is -2.25. The first-order valence-corrected chi connectivity index (χ1v) is 11.9. The Morgan fingerprint density at radius 2 is 1.69 bits per heavy atom. The Morgan fingerprint density at radius 1 is 1.11 bits per heavy atom. The topological polar surface area (TPSA) is 104 Å². The number of nitrogens with one attached hydrogen (secondary N) is 2. The van der Waals surface area contributed by atoms with Gasteiger partial charge in [-0.25, -0.2) is 0 Å². The Bertz CT molecular complexity index is 1070. The summed E-state index contributed by atoms with van der Waals surface area (Å²) in [5.41, 5.74) is -0.939. The molecular formula is C24H28Cl2F3N3O3. The van der Waals surface area contributed by atoms with Crippen molar-refractivity contribution in [2.75, 3.05) is 18.4 Å². The SMILES string of the molecule is C1CCC1.CCNCC.NC(=O)c1cc2c(c(C(F)(F)F)c1)C(O)(c1ccc(Cl)cc1Cl)C(=O)N2. The number of fused-ring (bicyclic) bond motifs is 1. The van der Waals surface area contributed by atoms with Gasteiger partial charge >= 0.3 is 6.18 Å². The van der Waals surface area contributed by atoms with Gasteiger partial charge in [0, 0.05) is 32.4 Å². The van der Waals surface area contributed by atoms with Crippen molar-refractivity contribution in [3.8, 4) is 0 Å². The van der Waals surface area contributed by atoms with E-state index in [0.717, 1.165) is 25.2 Å². The van der Waals surface area contributed by atoms with Gasteiger partial charge < -0.3 is 21.5 Å². The minimum atomic E-state index is -4.98. The highest BCUT2D eigenvalue weighted by Gasteiger charge is 2.53. The molecule has 35 heavy (non-hydrogen) atoms. The van der Waals surface area contributed by atoms with Gasteiger partial charge in [0.15, 0.2) is 5.60 Å². The molecule has 1 atom stereocenters. The summed E-state index contributed by atoms with van der Waals surface area (Å²) in [5, 5.41) is 16.2. The van der Waals surface area contributed by atoms with Crippen LogP contribution >= 0.6 is 23.2 Å². The van der Waals surface area contributed by atoms with E-state index in [1.807, 2.05) is 0 Å². The van der Waals surface area contributed by atoms with Crippen LogP contribution in [0.25, 0.3) is 0 Å². The van der Waals surface area contributed by atoms with Crippen LogP contribution in [-0.4, -0.2) is 30.0 Å². The Hall–Kier alpha value is -2.33. The second kappa shape index (κ2) is 12.1. The number of hydrogen-bond donors (Lipinski definition) is 4. The number of anilines is 1. The van der Waals surface area contributed by atoms with E-state index >= 15 is 0 Å². The summed E-state index contributed by atoms with van der Waals surface area (Å²) in [6, 6.07) is 5.06. The molecule has 6 nitrogen and oxygen atoms in total. The maximum atomic E-state index is 13.6. The van der Waals surface area contributed by atoms with E-state index in [-0.39, 0.29) is 21.3 Å². The minimum Gasteiger partial charge on any atom is -0.372 e. The number of alkyl halides is 3. The summed E-state index contributed by atoms with van der Waals surface area (Å²) in [6.07, 6.45) is 1.02. The van der Waals surface area contributed by atoms with E-state index in [2.05, 4.69) is 24.5 Å². The lowest BCUT2D eigenvalue weighted by atomic mass is 9.83. The minimum absolute atomic E-state index is 0.168. The van der Waals surface area contributed by atoms with Gasteiger partial charge in [-0.05, 0) is 37.4 Å². The van der Waals surface area contributed by atoms with Gasteiger partial charge in [-0.15, -0.1) is 0 Å². The van der Waals surface area contributed by atoms with Crippen molar-refractivity contribution in [3.05, 3.63) is 62.6 Å². The van der Waals surface area contributed by atoms with Crippen molar-refractivity contribution >= 4 is 40.7 Å². The molecule has 1 fully saturated rings. The molecule has 5 N–H and O–H groups in total. The zero-order valence-corrected chi connectivity index (χ0v) is 20.9. The molecule has 2 amide bonds. The number of rotatable bonds is 4. The Morgan fingerprint density at radius 3 is 2.09 bits per heavy atom. The maximum absolute atomic E-state index is 13.6. The number of carbonyl (C=O) groups excluding carboxylic acids is 2. The lowest BCUT2D eigenvalue weighted by molar-refractivity contribution is -0.141. The molecule has 2 aromatic carbocycles. The summed E-state index contributed by atoms with van der Waals surface area (Å²) in [7, 11) is 0. The van der Waals surface area contributed by atoms with Crippen molar-refractivity contribution in [3.63, 3.8) is 0 Å². The number of aliphatic hydroxyl groups is 1. The number of hydrogen-bond acceptors (Lipinski definition) is 4. The highest BCUT2D eigenvalue weighted by Crippen LogP contribution is 2.49. The first-order chi connectivity index (χ1) is 16.4. The summed E-state index contributed by atoms with van der Waals surface area (Å²) in [5.74, 6) is -2.27. The van der Waals surface area contributed by atoms with Crippen molar-refractivity contribution in [2.45, 2.75) is 51.3 Å². The molecule has 0 spiro atoms. The largest absolute Gasteiger partial charge is 0.416 e. The molecule has 0 aromatic heterocycles. The third kappa shape index (κ3) is 6.67. The molecule has 2 aromatic rings. The molecule has 0 radical (unpaired) electrons. The molecule has 0 saturated heterocycles. The van der Waals surface area contributed by atoms with Gasteiger partial charge in [-0.2, -0.15) is 13.2 Å². The van der Waals surface area contributed by atoms with E-state index in [1.165, 1.54) is 37.8 Å². The molecule has 2 aliphatic rings. The first kappa shape index (κ1) is 28.9. The fourth-order valence-electron chi connectivity index (χ4n) is 3.36. The normalized spacial score (nSPS) is 18.2. The monoisotopic (exact) mass is 533 g/mol. The molecule has 192 valence electrons. The van der Waals surface area contributed by atoms with Crippen LogP contribution in [-0.2, 0) is 16.6 Å². The van der Waals surface area contributed by atoms with E-state index in [0.29, 0.717) is 6.07 Å². The average Bonchev–Trinajstić information content (AvgIpc) is 2.97. The summed E-state index contributed by atoms with van der Waals surface area (Å²) < 4.78 is 40.7. The van der Waals surface area contributed by atoms with Crippen LogP contribution in [0.3, 0.4) is 0 Å². The number of halogens is 5. The van der Waals surface area contributed by atoms with Crippen LogP contribution in [0.4, 0.5) is 18.9 Å². The molecule has 11 heteroatoms. The highest BCUT2D eigenvalue weighted by atomic mass is 35.5. The predicted molar refractivity (Wildman–Crippen MR) is 131 cm³/mol. The van der Waals surface area contributed by atoms with Gasteiger partial charge in [0.05, 0.1) is 5.56 Å². The predicted octanol–water partition coefficient (Wildman–Crippen LogP) is 5.48. The van der Waals surface area contributed by atoms with Gasteiger partial charge in [0.25, 0.3) is 5.91 Å². The Labute approximate surface area is 212 Å². The van der Waals surface area contributed by atoms with Crippen molar-refractivity contribution in [1.82, 2.24) is 5.32 Å². The summed E-state index contributed by atoms with van der Waals surface area (Å²) in [4.78, 5) is 23.7. The summed E-state index contributed by atoms with van der Waals surface area (Å²) >= 11 is 11.8. The van der Waals surface area contributed by atoms with Crippen LogP contribution in [0.15, 0.2) is 30.3 Å². The number of amides is 2. The fourth-order valence-corrected chi connectivity index (χ4v) is 3.91. The smallest absolute Gasteiger partial charge is 0.372 e. The van der Waals surface area contributed by atoms with Gasteiger partial charge in [0.2, 0.25) is 5.91 Å². The van der Waals surface area contributed by atoms with E-state index in [9.17, 15) is 27.9 Å². The zero-order valence-electron chi connectivity index (χ0n) is 19.4. The van der Waals surface area contributed by atoms with Gasteiger partial charge in [-0.1, -0.05) is 68.8 Å². The molecule has 1 aliphatic heterocycles. The highest BCUT2D eigenvalue weighted by molar-refractivity contribution is 6.35. The molecular weight excluding hydrogens is 506 g/mol. The van der Waals surface area contributed by atoms with Gasteiger partial charge in [0.1, 0.15) is 0 Å². The van der Waals surface area contributed by atoms with Crippen molar-refractivity contribution in [2.24, 2.45) is 5.73 Å². The molecule has 1 aliphatic carbocycles. The fraction of sp³-hybridized carbons (Fsp3) is 0.417. The van der Waals surface area contributed by atoms with E-state index in [4.69, 9.17) is 28.9 Å². The average molecular weight is 534 g/mol. The summed E-state index contributed by atoms with van der Waals surface area (Å²) in [6.45, 7) is 6.39. The molecule has 0 bridgehead atoms. The number of primary amides is 1. The Balaban J connectivity index is 0.000000405. The first-order valence-electron chi connectivity index (χ1n) is 11.1. The van der Waals surface area contributed by atoms with Crippen LogP contribution < -0.4 is 16.4 Å². The van der Waals surface area contributed by atoms with Crippen LogP contribution in [0, 0.1) is 0 Å². The van der Waals surface area contributed by atoms with Crippen LogP contribution in [0.5, 0.6) is 0 Å². The zero-order chi connectivity index (χ0) is 26.4. The van der Waals surface area contributed by atoms with E-state index in [1.54, 1.807) is 0 Å². The van der Waals surface area contributed by atoms with Crippen molar-refractivity contribution < 1.29 is 27.9 Å². The third-order valence-corrected chi connectivity index (χ3v) is 6.04. The van der Waals surface area contributed by atoms with Gasteiger partial charge in [-0.3, -0.25) is 9.59 Å². The standard InChI is InChI=1S/C16H9Cl2F3N2O3.C4H11N.C4H8/c17-7-1-2-8(10(18)5-7)15(26)12-9(16(19,20)21)3-6(13(22)24)4-11(12)23-14(15)25;1-3-5-4-2;1-2-4-3-1/h1-5,26H,(H2,22,24)(H,23,25);5H,3-4H2,1-2H3;1-4H2. The quantitative estimate of drug-likeness (QED) is 0.417. The number of nitrogens with two attached hydrogens (primary N) is 1. The molecule has 1 saturated carbocycles. The van der Waals surface area contributed by atoms with Crippen LogP contribution in [0.2, 0.25) is 10.0 Å². The Kier molecular flexibility index (Phi) is 9.97. The molecule has 1 unspecified atom stereocenters.